The Labute approximate surface area is 139 Å². The van der Waals surface area contributed by atoms with Crippen LogP contribution in [0.3, 0.4) is 0 Å². The summed E-state index contributed by atoms with van der Waals surface area (Å²) in [5, 5.41) is 0. The van der Waals surface area contributed by atoms with Crippen molar-refractivity contribution in [1.82, 2.24) is 4.90 Å². The normalized spacial score (nSPS) is 13.0. The summed E-state index contributed by atoms with van der Waals surface area (Å²) in [5.41, 5.74) is 6.46. The molecule has 0 spiro atoms. The highest BCUT2D eigenvalue weighted by molar-refractivity contribution is 8.71. The van der Waals surface area contributed by atoms with Crippen LogP contribution in [0.2, 0.25) is 0 Å². The highest BCUT2D eigenvalue weighted by Gasteiger charge is 2.11. The van der Waals surface area contributed by atoms with Crippen molar-refractivity contribution in [3.8, 4) is 0 Å². The molecule has 2 N–H and O–H groups in total. The number of nitrogens with zero attached hydrogens (tertiary/aromatic N) is 4. The summed E-state index contributed by atoms with van der Waals surface area (Å²) >= 11 is 0. The molecule has 0 bridgehead atoms. The molecular formula is C13H19N5O3S2. The van der Waals surface area contributed by atoms with Gasteiger partial charge in [-0.3, -0.25) is 4.99 Å². The van der Waals surface area contributed by atoms with E-state index in [0.717, 1.165) is 11.5 Å². The van der Waals surface area contributed by atoms with Gasteiger partial charge in [-0.25, -0.2) is 4.99 Å². The van der Waals surface area contributed by atoms with Crippen molar-refractivity contribution >= 4 is 37.2 Å². The van der Waals surface area contributed by atoms with Gasteiger partial charge in [-0.2, -0.15) is 8.42 Å². The molecule has 1 aromatic rings. The van der Waals surface area contributed by atoms with Crippen LogP contribution in [-0.2, 0) is 9.06 Å². The average molecular weight is 357 g/mol. The van der Waals surface area contributed by atoms with E-state index in [4.69, 9.17) is 5.73 Å². The summed E-state index contributed by atoms with van der Waals surface area (Å²) in [5.74, 6) is 0.865. The first-order chi connectivity index (χ1) is 10.8. The van der Waals surface area contributed by atoms with E-state index in [-0.39, 0.29) is 11.6 Å². The molecule has 0 saturated heterocycles. The molecule has 0 saturated carbocycles. The largest absolute Gasteiger partial charge is 0.387 e. The molecule has 1 rings (SSSR count). The van der Waals surface area contributed by atoms with Crippen LogP contribution < -0.4 is 5.73 Å². The van der Waals surface area contributed by atoms with Gasteiger partial charge in [-0.05, 0) is 12.1 Å². The predicted octanol–water partition coefficient (Wildman–Crippen LogP) is 1.77. The molecule has 10 heteroatoms. The molecule has 0 atom stereocenters. The van der Waals surface area contributed by atoms with Crippen molar-refractivity contribution in [2.45, 2.75) is 6.42 Å². The fourth-order valence-electron chi connectivity index (χ4n) is 1.53. The lowest BCUT2D eigenvalue weighted by atomic mass is 10.3. The Balaban J connectivity index is 2.61. The first kappa shape index (κ1) is 19.1. The SMILES string of the molecule is CN(C)C(CCN=C(N)CSS(=O)(=O)N=O)=Nc1ccccc1. The van der Waals surface area contributed by atoms with Crippen molar-refractivity contribution in [3.05, 3.63) is 35.2 Å². The van der Waals surface area contributed by atoms with Gasteiger partial charge in [0, 0.05) is 37.9 Å². The average Bonchev–Trinajstić information content (AvgIpc) is 2.53. The van der Waals surface area contributed by atoms with E-state index in [0.29, 0.717) is 23.8 Å². The van der Waals surface area contributed by atoms with Crippen LogP contribution in [0.15, 0.2) is 44.9 Å². The van der Waals surface area contributed by atoms with E-state index >= 15 is 0 Å². The second kappa shape index (κ2) is 9.26. The van der Waals surface area contributed by atoms with Crippen LogP contribution in [0.1, 0.15) is 6.42 Å². The fraction of sp³-hybridized carbons (Fsp3) is 0.385. The molecule has 0 aromatic heterocycles. The number of nitrogens with two attached hydrogens (primary N) is 1. The van der Waals surface area contributed by atoms with Crippen LogP contribution in [-0.4, -0.2) is 51.4 Å². The van der Waals surface area contributed by atoms with Gasteiger partial charge in [0.15, 0.2) is 0 Å². The third-order valence-electron chi connectivity index (χ3n) is 2.63. The van der Waals surface area contributed by atoms with Gasteiger partial charge in [-0.15, -0.1) is 4.91 Å². The summed E-state index contributed by atoms with van der Waals surface area (Å²) in [6.45, 7) is 0.366. The predicted molar refractivity (Wildman–Crippen MR) is 95.5 cm³/mol. The first-order valence-corrected chi connectivity index (χ1v) is 9.61. The van der Waals surface area contributed by atoms with E-state index in [1.165, 1.54) is 0 Å². The monoisotopic (exact) mass is 357 g/mol. The Morgan fingerprint density at radius 3 is 2.48 bits per heavy atom. The number of aliphatic imine (C=N–C) groups is 2. The molecule has 0 fully saturated rings. The van der Waals surface area contributed by atoms with Crippen LogP contribution in [0.25, 0.3) is 0 Å². The van der Waals surface area contributed by atoms with Gasteiger partial charge in [-0.1, -0.05) is 18.2 Å². The third-order valence-corrected chi connectivity index (χ3v) is 4.95. The smallest absolute Gasteiger partial charge is 0.341 e. The minimum absolute atomic E-state index is 0.0960. The van der Waals surface area contributed by atoms with Gasteiger partial charge < -0.3 is 10.6 Å². The van der Waals surface area contributed by atoms with Crippen LogP contribution in [0.4, 0.5) is 5.69 Å². The maximum atomic E-state index is 10.9. The van der Waals surface area contributed by atoms with Gasteiger partial charge in [0.1, 0.15) is 11.7 Å². The minimum atomic E-state index is -4.02. The molecule has 0 amide bonds. The summed E-state index contributed by atoms with van der Waals surface area (Å²) in [6, 6.07) is 9.52. The zero-order chi connectivity index (χ0) is 17.3. The Morgan fingerprint density at radius 1 is 1.26 bits per heavy atom. The van der Waals surface area contributed by atoms with E-state index in [1.807, 2.05) is 53.9 Å². The van der Waals surface area contributed by atoms with Crippen molar-refractivity contribution in [2.24, 2.45) is 20.3 Å². The summed E-state index contributed by atoms with van der Waals surface area (Å²) in [7, 11) is 0.0984. The molecule has 0 aliphatic carbocycles. The summed E-state index contributed by atoms with van der Waals surface area (Å²) < 4.78 is 23.9. The lowest BCUT2D eigenvalue weighted by Gasteiger charge is -2.15. The minimum Gasteiger partial charge on any atom is -0.387 e. The lowest BCUT2D eigenvalue weighted by molar-refractivity contribution is 0.604. The van der Waals surface area contributed by atoms with Gasteiger partial charge >= 0.3 is 9.06 Å². The van der Waals surface area contributed by atoms with Crippen molar-refractivity contribution in [1.29, 1.82) is 0 Å². The number of nitroso groups, excluding NO2 is 1. The zero-order valence-corrected chi connectivity index (χ0v) is 14.5. The molecule has 126 valence electrons. The molecule has 0 aliphatic heterocycles. The molecular weight excluding hydrogens is 338 g/mol. The Bertz CT molecular complexity index is 672. The molecule has 0 unspecified atom stereocenters. The Hall–Kier alpha value is -1.94. The second-order valence-corrected chi connectivity index (χ2v) is 8.15. The Kier molecular flexibility index (Phi) is 7.69. The topological polar surface area (TPSA) is 118 Å². The van der Waals surface area contributed by atoms with E-state index in [2.05, 4.69) is 9.98 Å². The van der Waals surface area contributed by atoms with Crippen LogP contribution in [0.5, 0.6) is 0 Å². The van der Waals surface area contributed by atoms with Crippen LogP contribution in [0, 0.1) is 4.91 Å². The van der Waals surface area contributed by atoms with Gasteiger partial charge in [0.2, 0.25) is 0 Å². The highest BCUT2D eigenvalue weighted by Crippen LogP contribution is 2.13. The Morgan fingerprint density at radius 2 is 1.91 bits per heavy atom. The third kappa shape index (κ3) is 7.75. The number of hydrogen-bond acceptors (Lipinski definition) is 6. The number of benzene rings is 1. The van der Waals surface area contributed by atoms with E-state index in [1.54, 1.807) is 0 Å². The molecule has 23 heavy (non-hydrogen) atoms. The number of para-hydroxylation sites is 1. The number of amidine groups is 2. The zero-order valence-electron chi connectivity index (χ0n) is 12.9. The highest BCUT2D eigenvalue weighted by atomic mass is 33.1. The van der Waals surface area contributed by atoms with Crippen LogP contribution >= 0.6 is 10.8 Å². The maximum absolute atomic E-state index is 10.9. The van der Waals surface area contributed by atoms with E-state index < -0.39 is 9.06 Å². The molecule has 0 radical (unpaired) electrons. The van der Waals surface area contributed by atoms with Crippen molar-refractivity contribution < 1.29 is 8.42 Å². The van der Waals surface area contributed by atoms with E-state index in [9.17, 15) is 13.3 Å². The molecule has 0 aliphatic rings. The number of rotatable bonds is 8. The van der Waals surface area contributed by atoms with Gasteiger partial charge in [0.25, 0.3) is 0 Å². The molecule has 8 nitrogen and oxygen atoms in total. The molecule has 0 heterocycles. The summed E-state index contributed by atoms with van der Waals surface area (Å²) in [6.07, 6.45) is 0.548. The van der Waals surface area contributed by atoms with Gasteiger partial charge in [0.05, 0.1) is 16.0 Å². The standard InChI is InChI=1S/C13H19N5O3S2/c1-18(2)13(16-11-6-4-3-5-7-11)8-9-15-12(14)10-22-23(20,21)17-19/h3-7H,8-10H2,1-2H3,(H2,14,15). The maximum Gasteiger partial charge on any atom is 0.341 e. The second-order valence-electron chi connectivity index (χ2n) is 4.65. The van der Waals surface area contributed by atoms with Crippen molar-refractivity contribution in [3.63, 3.8) is 0 Å². The quantitative estimate of drug-likeness (QED) is 0.328. The fourth-order valence-corrected chi connectivity index (χ4v) is 2.87. The number of hydrogen-bond donors (Lipinski definition) is 1. The summed E-state index contributed by atoms with van der Waals surface area (Å²) in [4.78, 5) is 20.5. The first-order valence-electron chi connectivity index (χ1n) is 6.67. The van der Waals surface area contributed by atoms with Crippen molar-refractivity contribution in [2.75, 3.05) is 26.4 Å². The molecule has 1 aromatic carbocycles. The lowest BCUT2D eigenvalue weighted by Crippen LogP contribution is -2.23.